The Morgan fingerprint density at radius 1 is 1.35 bits per heavy atom. The number of thioether (sulfide) groups is 1. The van der Waals surface area contributed by atoms with Crippen LogP contribution in [0.25, 0.3) is 5.57 Å². The van der Waals surface area contributed by atoms with Crippen LogP contribution in [0.2, 0.25) is 0 Å². The van der Waals surface area contributed by atoms with Crippen molar-refractivity contribution in [3.8, 4) is 0 Å². The van der Waals surface area contributed by atoms with E-state index in [1.165, 1.54) is 23.9 Å². The third-order valence-corrected chi connectivity index (χ3v) is 3.96. The van der Waals surface area contributed by atoms with Crippen molar-refractivity contribution < 1.29 is 22.7 Å². The molecule has 1 aromatic carbocycles. The lowest BCUT2D eigenvalue weighted by molar-refractivity contribution is -0.137. The van der Waals surface area contributed by atoms with Crippen molar-refractivity contribution in [1.82, 2.24) is 5.32 Å². The maximum Gasteiger partial charge on any atom is 0.416 e. The first-order valence-corrected chi connectivity index (χ1v) is 8.33. The van der Waals surface area contributed by atoms with E-state index in [2.05, 4.69) is 5.32 Å². The van der Waals surface area contributed by atoms with Gasteiger partial charge in [-0.2, -0.15) is 13.2 Å². The van der Waals surface area contributed by atoms with Crippen LogP contribution in [0.3, 0.4) is 0 Å². The van der Waals surface area contributed by atoms with Crippen molar-refractivity contribution in [1.29, 1.82) is 0 Å². The number of alkyl halides is 3. The minimum atomic E-state index is -4.46. The number of hydrogen-bond acceptors (Lipinski definition) is 4. The lowest BCUT2D eigenvalue weighted by Gasteiger charge is -2.10. The highest BCUT2D eigenvalue weighted by molar-refractivity contribution is 8.01. The number of halogens is 3. The smallest absolute Gasteiger partial charge is 0.416 e. The Kier molecular flexibility index (Phi) is 4.14. The molecule has 2 aliphatic rings. The van der Waals surface area contributed by atoms with Gasteiger partial charge >= 0.3 is 6.18 Å². The van der Waals surface area contributed by atoms with Crippen LogP contribution in [0, 0.1) is 0 Å². The maximum absolute atomic E-state index is 12.9. The van der Waals surface area contributed by atoms with E-state index in [0.717, 1.165) is 25.0 Å². The van der Waals surface area contributed by atoms with E-state index in [9.17, 15) is 18.0 Å². The molecule has 1 aliphatic heterocycles. The molecule has 1 aliphatic carbocycles. The van der Waals surface area contributed by atoms with Gasteiger partial charge in [0.2, 0.25) is 11.7 Å². The summed E-state index contributed by atoms with van der Waals surface area (Å²) in [5.74, 6) is -0.0213. The van der Waals surface area contributed by atoms with Crippen LogP contribution in [-0.4, -0.2) is 18.1 Å². The highest BCUT2D eigenvalue weighted by atomic mass is 32.2. The van der Waals surface area contributed by atoms with Gasteiger partial charge in [-0.05, 0) is 36.8 Å². The number of Topliss-reactive ketones (excluding diaryl/α,β-unsaturated/α-hetero) is 1. The van der Waals surface area contributed by atoms with Gasteiger partial charge in [-0.1, -0.05) is 12.1 Å². The maximum atomic E-state index is 12.9. The van der Waals surface area contributed by atoms with Gasteiger partial charge in [0.25, 0.3) is 0 Å². The largest absolute Gasteiger partial charge is 0.436 e. The summed E-state index contributed by atoms with van der Waals surface area (Å²) in [6.07, 6.45) is -0.766. The monoisotopic (exact) mass is 341 g/mol. The van der Waals surface area contributed by atoms with Crippen molar-refractivity contribution in [3.63, 3.8) is 0 Å². The molecule has 0 unspecified atom stereocenters. The van der Waals surface area contributed by atoms with Crippen LogP contribution in [0.15, 0.2) is 41.3 Å². The molecule has 0 amide bonds. The van der Waals surface area contributed by atoms with Gasteiger partial charge in [0.05, 0.1) is 11.1 Å². The summed E-state index contributed by atoms with van der Waals surface area (Å²) in [5.41, 5.74) is -0.427. The molecule has 0 bridgehead atoms. The van der Waals surface area contributed by atoms with Gasteiger partial charge in [-0.25, -0.2) is 0 Å². The first-order valence-electron chi connectivity index (χ1n) is 7.04. The number of rotatable bonds is 4. The summed E-state index contributed by atoms with van der Waals surface area (Å²) in [7, 11) is 0. The molecule has 0 saturated heterocycles. The topological polar surface area (TPSA) is 38.3 Å². The number of allylic oxidation sites excluding steroid dienone is 1. The Morgan fingerprint density at radius 3 is 2.70 bits per heavy atom. The Hall–Kier alpha value is -1.89. The van der Waals surface area contributed by atoms with Crippen LogP contribution in [0.1, 0.15) is 24.0 Å². The second-order valence-corrected chi connectivity index (χ2v) is 6.06. The zero-order valence-corrected chi connectivity index (χ0v) is 13.1. The van der Waals surface area contributed by atoms with Crippen LogP contribution < -0.4 is 5.32 Å². The third kappa shape index (κ3) is 3.39. The Balaban J connectivity index is 2.02. The first-order chi connectivity index (χ1) is 10.9. The number of benzene rings is 1. The number of ether oxygens (including phenoxy) is 1. The van der Waals surface area contributed by atoms with Gasteiger partial charge in [-0.15, -0.1) is 11.8 Å². The molecule has 0 aromatic heterocycles. The molecule has 1 saturated carbocycles. The van der Waals surface area contributed by atoms with Gasteiger partial charge in [-0.3, -0.25) is 4.79 Å². The van der Waals surface area contributed by atoms with Gasteiger partial charge in [0, 0.05) is 11.4 Å². The van der Waals surface area contributed by atoms with E-state index in [4.69, 9.17) is 4.74 Å². The summed E-state index contributed by atoms with van der Waals surface area (Å²) in [4.78, 5) is 12.5. The fourth-order valence-electron chi connectivity index (χ4n) is 2.25. The molecule has 23 heavy (non-hydrogen) atoms. The fraction of sp³-hybridized carbons (Fsp3) is 0.312. The average molecular weight is 341 g/mol. The molecular formula is C16H14F3NO2S. The highest BCUT2D eigenvalue weighted by Gasteiger charge is 2.36. The molecule has 3 rings (SSSR count). The Bertz CT molecular complexity index is 706. The predicted octanol–water partition coefficient (Wildman–Crippen LogP) is 3.93. The van der Waals surface area contributed by atoms with Gasteiger partial charge < -0.3 is 10.1 Å². The number of hydrogen-bond donors (Lipinski definition) is 1. The van der Waals surface area contributed by atoms with E-state index in [-0.39, 0.29) is 28.8 Å². The van der Waals surface area contributed by atoms with E-state index in [0.29, 0.717) is 0 Å². The molecule has 1 N–H and O–H groups in total. The zero-order valence-electron chi connectivity index (χ0n) is 12.2. The molecule has 0 spiro atoms. The van der Waals surface area contributed by atoms with Crippen molar-refractivity contribution in [3.05, 3.63) is 52.4 Å². The number of carbonyl (C=O) groups excluding carboxylic acids is 1. The van der Waals surface area contributed by atoms with E-state index < -0.39 is 17.5 Å². The Morgan fingerprint density at radius 2 is 2.09 bits per heavy atom. The summed E-state index contributed by atoms with van der Waals surface area (Å²) in [5, 5.41) is 4.64. The van der Waals surface area contributed by atoms with Crippen LogP contribution >= 0.6 is 11.8 Å². The molecule has 0 radical (unpaired) electrons. The first kappa shape index (κ1) is 16.0. The molecule has 0 atom stereocenters. The lowest BCUT2D eigenvalue weighted by atomic mass is 10.00. The molecular weight excluding hydrogens is 327 g/mol. The number of nitrogens with one attached hydrogen (secondary N) is 1. The lowest BCUT2D eigenvalue weighted by Crippen LogP contribution is -2.16. The zero-order chi connectivity index (χ0) is 16.6. The standard InChI is InChI=1S/C16H14F3NO2S/c1-23-8-12-14(21)13(15(22-12)20-11-5-6-11)9-3-2-4-10(7-9)16(17,18)19/h2-4,7-8,11,20H,5-6H2,1H3. The second kappa shape index (κ2) is 5.96. The summed E-state index contributed by atoms with van der Waals surface area (Å²) in [6, 6.07) is 4.96. The number of ketones is 1. The fourth-order valence-corrected chi connectivity index (χ4v) is 2.62. The van der Waals surface area contributed by atoms with Crippen molar-refractivity contribution in [2.45, 2.75) is 25.1 Å². The molecule has 1 aromatic rings. The van der Waals surface area contributed by atoms with Crippen LogP contribution in [0.5, 0.6) is 0 Å². The van der Waals surface area contributed by atoms with Crippen molar-refractivity contribution >= 4 is 23.1 Å². The summed E-state index contributed by atoms with van der Waals surface area (Å²) in [6.45, 7) is 0. The minimum absolute atomic E-state index is 0.132. The summed E-state index contributed by atoms with van der Waals surface area (Å²) < 4.78 is 44.2. The molecule has 7 heteroatoms. The molecule has 122 valence electrons. The normalized spacial score (nSPS) is 20.2. The van der Waals surface area contributed by atoms with E-state index >= 15 is 0 Å². The van der Waals surface area contributed by atoms with E-state index in [1.807, 2.05) is 0 Å². The SMILES string of the molecule is CSC=C1OC(NC2CC2)=C(c2cccc(C(F)(F)F)c2)C1=O. The molecule has 1 fully saturated rings. The Labute approximate surface area is 135 Å². The van der Waals surface area contributed by atoms with Crippen LogP contribution in [0.4, 0.5) is 13.2 Å². The summed E-state index contributed by atoms with van der Waals surface area (Å²) >= 11 is 1.30. The molecule has 1 heterocycles. The number of carbonyl (C=O) groups is 1. The highest BCUT2D eigenvalue weighted by Crippen LogP contribution is 2.37. The minimum Gasteiger partial charge on any atom is -0.436 e. The average Bonchev–Trinajstić information content (AvgIpc) is 3.24. The van der Waals surface area contributed by atoms with Gasteiger partial charge in [0.15, 0.2) is 5.76 Å². The van der Waals surface area contributed by atoms with Crippen LogP contribution in [-0.2, 0) is 15.7 Å². The van der Waals surface area contributed by atoms with Gasteiger partial charge in [0.1, 0.15) is 0 Å². The quantitative estimate of drug-likeness (QED) is 0.842. The van der Waals surface area contributed by atoms with E-state index in [1.54, 1.807) is 11.7 Å². The third-order valence-electron chi connectivity index (χ3n) is 3.51. The molecule has 3 nitrogen and oxygen atoms in total. The van der Waals surface area contributed by atoms with Crippen molar-refractivity contribution in [2.75, 3.05) is 6.26 Å². The predicted molar refractivity (Wildman–Crippen MR) is 82.2 cm³/mol. The second-order valence-electron chi connectivity index (χ2n) is 5.35. The van der Waals surface area contributed by atoms with Crippen molar-refractivity contribution in [2.24, 2.45) is 0 Å².